The van der Waals surface area contributed by atoms with Gasteiger partial charge in [0.15, 0.2) is 11.5 Å². The van der Waals surface area contributed by atoms with Crippen LogP contribution in [0.25, 0.3) is 11.3 Å². The van der Waals surface area contributed by atoms with Crippen molar-refractivity contribution in [2.45, 2.75) is 12.8 Å². The number of amides is 2. The van der Waals surface area contributed by atoms with E-state index in [1.807, 2.05) is 24.3 Å². The van der Waals surface area contributed by atoms with E-state index in [1.165, 1.54) is 12.1 Å². The number of hydroxylamine groups is 2. The quantitative estimate of drug-likeness (QED) is 0.653. The predicted molar refractivity (Wildman–Crippen MR) is 91.7 cm³/mol. The second-order valence-electron chi connectivity index (χ2n) is 6.33. The molecule has 0 atom stereocenters. The fourth-order valence-electron chi connectivity index (χ4n) is 3.51. The van der Waals surface area contributed by atoms with E-state index in [0.717, 1.165) is 17.5 Å². The van der Waals surface area contributed by atoms with Crippen molar-refractivity contribution in [1.82, 2.24) is 10.2 Å². The molecule has 132 valence electrons. The molecule has 7 heteroatoms. The van der Waals surface area contributed by atoms with Gasteiger partial charge >= 0.3 is 5.97 Å². The minimum Gasteiger partial charge on any atom is -0.355 e. The van der Waals surface area contributed by atoms with Crippen LogP contribution in [-0.4, -0.2) is 28.0 Å². The Morgan fingerprint density at radius 3 is 2.26 bits per heavy atom. The van der Waals surface area contributed by atoms with E-state index >= 15 is 0 Å². The Kier molecular flexibility index (Phi) is 3.24. The molecule has 0 saturated carbocycles. The van der Waals surface area contributed by atoms with Gasteiger partial charge in [0.1, 0.15) is 0 Å². The molecular weight excluding hydrogens is 348 g/mol. The molecule has 0 N–H and O–H groups in total. The van der Waals surface area contributed by atoms with Gasteiger partial charge in [0.25, 0.3) is 11.8 Å². The standard InChI is InChI=1S/C20H12N2O5/c23-18-13-7-3-4-8-14(13)19(24)22(18)27-20(25)16-15-10-9-11-5-1-2-6-12(11)17(15)26-21-16/h1-8H,9-10H2. The van der Waals surface area contributed by atoms with Crippen molar-refractivity contribution in [2.24, 2.45) is 0 Å². The van der Waals surface area contributed by atoms with E-state index in [-0.39, 0.29) is 16.8 Å². The predicted octanol–water partition coefficient (Wildman–Crippen LogP) is 2.81. The van der Waals surface area contributed by atoms with Crippen LogP contribution in [0.1, 0.15) is 42.3 Å². The number of aryl methyl sites for hydroxylation is 1. The molecule has 2 aromatic carbocycles. The van der Waals surface area contributed by atoms with Crippen molar-refractivity contribution in [1.29, 1.82) is 0 Å². The maximum Gasteiger partial charge on any atom is 0.386 e. The summed E-state index contributed by atoms with van der Waals surface area (Å²) >= 11 is 0. The molecule has 0 fully saturated rings. The van der Waals surface area contributed by atoms with Gasteiger partial charge in [-0.25, -0.2) is 4.79 Å². The van der Waals surface area contributed by atoms with Gasteiger partial charge in [-0.05, 0) is 30.5 Å². The fraction of sp³-hybridized carbons (Fsp3) is 0.100. The SMILES string of the molecule is O=C(ON1C(=O)c2ccccc2C1=O)c1noc2c1CCc1ccccc1-2. The summed E-state index contributed by atoms with van der Waals surface area (Å²) in [5.74, 6) is -1.72. The van der Waals surface area contributed by atoms with Crippen LogP contribution in [0.2, 0.25) is 0 Å². The molecule has 1 aliphatic heterocycles. The van der Waals surface area contributed by atoms with Gasteiger partial charge in [0.2, 0.25) is 0 Å². The van der Waals surface area contributed by atoms with E-state index in [9.17, 15) is 14.4 Å². The maximum atomic E-state index is 12.6. The largest absolute Gasteiger partial charge is 0.386 e. The molecule has 1 aliphatic carbocycles. The van der Waals surface area contributed by atoms with Crippen molar-refractivity contribution in [3.63, 3.8) is 0 Å². The second-order valence-corrected chi connectivity index (χ2v) is 6.33. The first-order valence-corrected chi connectivity index (χ1v) is 8.42. The van der Waals surface area contributed by atoms with E-state index in [4.69, 9.17) is 9.36 Å². The van der Waals surface area contributed by atoms with Crippen LogP contribution in [0.3, 0.4) is 0 Å². The summed E-state index contributed by atoms with van der Waals surface area (Å²) in [5.41, 5.74) is 3.00. The third kappa shape index (κ3) is 2.21. The van der Waals surface area contributed by atoms with Crippen molar-refractivity contribution < 1.29 is 23.7 Å². The molecule has 0 unspecified atom stereocenters. The highest BCUT2D eigenvalue weighted by Crippen LogP contribution is 2.35. The average Bonchev–Trinajstić information content (AvgIpc) is 3.24. The van der Waals surface area contributed by atoms with Crippen LogP contribution in [0, 0.1) is 0 Å². The fourth-order valence-corrected chi connectivity index (χ4v) is 3.51. The first-order valence-electron chi connectivity index (χ1n) is 8.42. The molecule has 1 aromatic heterocycles. The number of carbonyl (C=O) groups is 3. The molecule has 0 spiro atoms. The summed E-state index contributed by atoms with van der Waals surface area (Å²) in [7, 11) is 0. The molecule has 3 aromatic rings. The lowest BCUT2D eigenvalue weighted by molar-refractivity contribution is -0.0591. The molecule has 0 saturated heterocycles. The number of fused-ring (bicyclic) bond motifs is 4. The molecule has 5 rings (SSSR count). The summed E-state index contributed by atoms with van der Waals surface area (Å²) in [6.07, 6.45) is 1.29. The van der Waals surface area contributed by atoms with E-state index in [0.29, 0.717) is 22.8 Å². The zero-order valence-corrected chi connectivity index (χ0v) is 14.0. The molecule has 0 radical (unpaired) electrons. The topological polar surface area (TPSA) is 89.7 Å². The lowest BCUT2D eigenvalue weighted by Crippen LogP contribution is -2.33. The highest BCUT2D eigenvalue weighted by Gasteiger charge is 2.40. The van der Waals surface area contributed by atoms with E-state index in [1.54, 1.807) is 12.1 Å². The minimum absolute atomic E-state index is 0.0175. The first kappa shape index (κ1) is 15.5. The molecular formula is C20H12N2O5. The van der Waals surface area contributed by atoms with Crippen LogP contribution >= 0.6 is 0 Å². The molecule has 7 nitrogen and oxygen atoms in total. The van der Waals surface area contributed by atoms with Crippen molar-refractivity contribution in [3.05, 3.63) is 76.5 Å². The van der Waals surface area contributed by atoms with E-state index < -0.39 is 17.8 Å². The Morgan fingerprint density at radius 1 is 0.926 bits per heavy atom. The van der Waals surface area contributed by atoms with Gasteiger partial charge in [-0.2, -0.15) is 0 Å². The Balaban J connectivity index is 1.45. The minimum atomic E-state index is -0.895. The Labute approximate surface area is 153 Å². The lowest BCUT2D eigenvalue weighted by atomic mass is 9.90. The van der Waals surface area contributed by atoms with Gasteiger partial charge in [-0.15, -0.1) is 0 Å². The number of imide groups is 1. The summed E-state index contributed by atoms with van der Waals surface area (Å²) in [5, 5.41) is 4.32. The number of carbonyl (C=O) groups excluding carboxylic acids is 3. The Hall–Kier alpha value is -3.74. The Morgan fingerprint density at radius 2 is 1.56 bits per heavy atom. The molecule has 2 heterocycles. The lowest BCUT2D eigenvalue weighted by Gasteiger charge is -2.15. The van der Waals surface area contributed by atoms with Crippen molar-refractivity contribution in [2.75, 3.05) is 0 Å². The highest BCUT2D eigenvalue weighted by atomic mass is 16.7. The highest BCUT2D eigenvalue weighted by molar-refractivity contribution is 6.21. The van der Waals surface area contributed by atoms with Gasteiger partial charge < -0.3 is 9.36 Å². The number of hydrogen-bond donors (Lipinski definition) is 0. The third-order valence-electron chi connectivity index (χ3n) is 4.82. The van der Waals surface area contributed by atoms with Crippen LogP contribution in [0.4, 0.5) is 0 Å². The molecule has 2 aliphatic rings. The summed E-state index contributed by atoms with van der Waals surface area (Å²) in [4.78, 5) is 42.4. The normalized spacial score (nSPS) is 14.6. The number of hydrogen-bond acceptors (Lipinski definition) is 6. The maximum absolute atomic E-state index is 12.6. The summed E-state index contributed by atoms with van der Waals surface area (Å²) in [6.45, 7) is 0. The Bertz CT molecular complexity index is 1100. The zero-order valence-electron chi connectivity index (χ0n) is 14.0. The molecule has 2 amide bonds. The van der Waals surface area contributed by atoms with E-state index in [2.05, 4.69) is 5.16 Å². The third-order valence-corrected chi connectivity index (χ3v) is 4.82. The average molecular weight is 360 g/mol. The second kappa shape index (κ2) is 5.63. The first-order chi connectivity index (χ1) is 13.1. The summed E-state index contributed by atoms with van der Waals surface area (Å²) < 4.78 is 5.38. The zero-order chi connectivity index (χ0) is 18.5. The monoisotopic (exact) mass is 360 g/mol. The van der Waals surface area contributed by atoms with Crippen LogP contribution in [-0.2, 0) is 17.7 Å². The van der Waals surface area contributed by atoms with Gasteiger partial charge in [-0.3, -0.25) is 9.59 Å². The molecule has 0 bridgehead atoms. The number of benzene rings is 2. The number of aromatic nitrogens is 1. The van der Waals surface area contributed by atoms with Crippen molar-refractivity contribution >= 4 is 17.8 Å². The summed E-state index contributed by atoms with van der Waals surface area (Å²) in [6, 6.07) is 14.0. The van der Waals surface area contributed by atoms with Crippen LogP contribution in [0.15, 0.2) is 53.1 Å². The molecule has 27 heavy (non-hydrogen) atoms. The van der Waals surface area contributed by atoms with Gasteiger partial charge in [0, 0.05) is 11.1 Å². The van der Waals surface area contributed by atoms with Crippen molar-refractivity contribution in [3.8, 4) is 11.3 Å². The van der Waals surface area contributed by atoms with Gasteiger partial charge in [0.05, 0.1) is 11.1 Å². The van der Waals surface area contributed by atoms with Gasteiger partial charge in [-0.1, -0.05) is 46.6 Å². The van der Waals surface area contributed by atoms with Crippen LogP contribution in [0.5, 0.6) is 0 Å². The number of nitrogens with zero attached hydrogens (tertiary/aromatic N) is 2. The number of rotatable bonds is 2. The van der Waals surface area contributed by atoms with Crippen LogP contribution < -0.4 is 0 Å². The smallest absolute Gasteiger partial charge is 0.355 e.